The van der Waals surface area contributed by atoms with Crippen molar-refractivity contribution in [1.29, 1.82) is 0 Å². The predicted molar refractivity (Wildman–Crippen MR) is 63.3 cm³/mol. The van der Waals surface area contributed by atoms with Gasteiger partial charge in [0.2, 0.25) is 0 Å². The molecular formula is C14H17NO3. The molecule has 96 valence electrons. The molecule has 0 spiro atoms. The second kappa shape index (κ2) is 3.37. The number of hydrogen-bond acceptors (Lipinski definition) is 3. The fraction of sp³-hybridized carbons (Fsp3) is 0.714. The summed E-state index contributed by atoms with van der Waals surface area (Å²) in [6, 6.07) is 0. The second-order valence-corrected chi connectivity index (χ2v) is 6.53. The molecule has 0 aliphatic heterocycles. The summed E-state index contributed by atoms with van der Waals surface area (Å²) in [6.07, 6.45) is 8.65. The fourth-order valence-electron chi connectivity index (χ4n) is 5.16. The van der Waals surface area contributed by atoms with Crippen LogP contribution in [0.4, 0.5) is 0 Å². The molecule has 4 bridgehead atoms. The number of rotatable bonds is 2. The first-order valence-electron chi connectivity index (χ1n) is 6.83. The van der Waals surface area contributed by atoms with Gasteiger partial charge in [0, 0.05) is 5.41 Å². The molecule has 1 aromatic rings. The van der Waals surface area contributed by atoms with Crippen LogP contribution in [0.25, 0.3) is 0 Å². The maximum absolute atomic E-state index is 11.3. The zero-order valence-electron chi connectivity index (χ0n) is 10.3. The first-order valence-corrected chi connectivity index (χ1v) is 6.83. The molecule has 1 aromatic heterocycles. The van der Waals surface area contributed by atoms with E-state index in [0.29, 0.717) is 5.76 Å². The highest BCUT2D eigenvalue weighted by Gasteiger charge is 2.54. The van der Waals surface area contributed by atoms with E-state index in [2.05, 4.69) is 4.98 Å². The van der Waals surface area contributed by atoms with E-state index in [-0.39, 0.29) is 11.1 Å². The number of nitrogens with zero attached hydrogens (tertiary/aromatic N) is 1. The Balaban J connectivity index is 1.79. The van der Waals surface area contributed by atoms with Crippen molar-refractivity contribution in [3.05, 3.63) is 17.8 Å². The highest BCUT2D eigenvalue weighted by Crippen LogP contribution is 2.61. The summed E-state index contributed by atoms with van der Waals surface area (Å²) in [7, 11) is 0. The molecule has 0 unspecified atom stereocenters. The van der Waals surface area contributed by atoms with E-state index in [1.807, 2.05) is 0 Å². The average molecular weight is 247 g/mol. The minimum Gasteiger partial charge on any atom is -0.476 e. The van der Waals surface area contributed by atoms with Gasteiger partial charge in [-0.05, 0) is 56.3 Å². The molecule has 18 heavy (non-hydrogen) atoms. The highest BCUT2D eigenvalue weighted by molar-refractivity contribution is 5.86. The SMILES string of the molecule is O=C(O)c1ncoc1C12CC3CC(CC(C3)C1)C2. The van der Waals surface area contributed by atoms with Crippen LogP contribution in [0.15, 0.2) is 10.8 Å². The molecule has 1 N–H and O–H groups in total. The predicted octanol–water partition coefficient (Wildman–Crippen LogP) is 2.84. The zero-order chi connectivity index (χ0) is 12.3. The number of aromatic carboxylic acids is 1. The number of oxazole rings is 1. The van der Waals surface area contributed by atoms with Crippen molar-refractivity contribution in [3.8, 4) is 0 Å². The van der Waals surface area contributed by atoms with Crippen LogP contribution >= 0.6 is 0 Å². The van der Waals surface area contributed by atoms with Crippen LogP contribution < -0.4 is 0 Å². The molecule has 4 nitrogen and oxygen atoms in total. The monoisotopic (exact) mass is 247 g/mol. The average Bonchev–Trinajstić information content (AvgIpc) is 2.76. The van der Waals surface area contributed by atoms with Crippen LogP contribution in [0.5, 0.6) is 0 Å². The molecule has 0 atom stereocenters. The van der Waals surface area contributed by atoms with Gasteiger partial charge in [-0.15, -0.1) is 0 Å². The van der Waals surface area contributed by atoms with E-state index in [0.717, 1.165) is 37.0 Å². The van der Waals surface area contributed by atoms with Crippen molar-refractivity contribution in [3.63, 3.8) is 0 Å². The van der Waals surface area contributed by atoms with Crippen molar-refractivity contribution in [2.45, 2.75) is 43.9 Å². The van der Waals surface area contributed by atoms with Crippen LogP contribution in [0.3, 0.4) is 0 Å². The quantitative estimate of drug-likeness (QED) is 0.872. The maximum atomic E-state index is 11.3. The Hall–Kier alpha value is -1.32. The molecule has 0 aromatic carbocycles. The van der Waals surface area contributed by atoms with Gasteiger partial charge in [-0.25, -0.2) is 9.78 Å². The van der Waals surface area contributed by atoms with Crippen molar-refractivity contribution in [1.82, 2.24) is 4.98 Å². The Morgan fingerprint density at radius 3 is 2.28 bits per heavy atom. The summed E-state index contributed by atoms with van der Waals surface area (Å²) in [4.78, 5) is 15.2. The number of carbonyl (C=O) groups is 1. The molecule has 4 aliphatic rings. The normalized spacial score (nSPS) is 41.2. The highest BCUT2D eigenvalue weighted by atomic mass is 16.4. The van der Waals surface area contributed by atoms with Gasteiger partial charge in [0.1, 0.15) is 5.76 Å². The third-order valence-corrected chi connectivity index (χ3v) is 5.29. The standard InChI is InChI=1S/C14H17NO3/c16-13(17)11-12(18-7-15-11)14-4-8-1-9(5-14)3-10(2-8)6-14/h7-10H,1-6H2,(H,16,17). The lowest BCUT2D eigenvalue weighted by Crippen LogP contribution is -2.48. The van der Waals surface area contributed by atoms with Gasteiger partial charge < -0.3 is 9.52 Å². The first-order chi connectivity index (χ1) is 8.66. The van der Waals surface area contributed by atoms with Crippen LogP contribution in [0, 0.1) is 17.8 Å². The van der Waals surface area contributed by atoms with E-state index in [1.165, 1.54) is 25.7 Å². The maximum Gasteiger partial charge on any atom is 0.358 e. The van der Waals surface area contributed by atoms with Crippen molar-refractivity contribution < 1.29 is 14.3 Å². The third-order valence-electron chi connectivity index (χ3n) is 5.29. The number of hydrogen-bond donors (Lipinski definition) is 1. The van der Waals surface area contributed by atoms with Gasteiger partial charge in [0.05, 0.1) is 0 Å². The van der Waals surface area contributed by atoms with Gasteiger partial charge in [-0.3, -0.25) is 0 Å². The summed E-state index contributed by atoms with van der Waals surface area (Å²) in [6.45, 7) is 0. The third kappa shape index (κ3) is 1.32. The lowest BCUT2D eigenvalue weighted by Gasteiger charge is -2.55. The smallest absolute Gasteiger partial charge is 0.358 e. The Morgan fingerprint density at radius 2 is 1.78 bits per heavy atom. The molecule has 0 radical (unpaired) electrons. The lowest BCUT2D eigenvalue weighted by molar-refractivity contribution is -0.0158. The minimum absolute atomic E-state index is 0.0149. The number of carboxylic acid groups (broad SMARTS) is 1. The molecule has 4 heteroatoms. The van der Waals surface area contributed by atoms with Crippen molar-refractivity contribution in [2.24, 2.45) is 17.8 Å². The summed E-state index contributed by atoms with van der Waals surface area (Å²) >= 11 is 0. The van der Waals surface area contributed by atoms with Crippen LogP contribution in [0.1, 0.15) is 54.8 Å². The van der Waals surface area contributed by atoms with E-state index in [9.17, 15) is 9.90 Å². The largest absolute Gasteiger partial charge is 0.476 e. The van der Waals surface area contributed by atoms with E-state index >= 15 is 0 Å². The molecule has 1 heterocycles. The Labute approximate surface area is 105 Å². The van der Waals surface area contributed by atoms with Crippen molar-refractivity contribution >= 4 is 5.97 Å². The second-order valence-electron chi connectivity index (χ2n) is 6.53. The van der Waals surface area contributed by atoms with Crippen LogP contribution in [-0.4, -0.2) is 16.1 Å². The molecule has 0 saturated heterocycles. The molecule has 4 saturated carbocycles. The minimum atomic E-state index is -0.950. The van der Waals surface area contributed by atoms with Gasteiger partial charge in [-0.2, -0.15) is 0 Å². The van der Waals surface area contributed by atoms with Gasteiger partial charge >= 0.3 is 5.97 Å². The molecule has 4 aliphatic carbocycles. The van der Waals surface area contributed by atoms with Gasteiger partial charge in [-0.1, -0.05) is 0 Å². The molecular weight excluding hydrogens is 230 g/mol. The van der Waals surface area contributed by atoms with E-state index in [1.54, 1.807) is 0 Å². The van der Waals surface area contributed by atoms with Crippen molar-refractivity contribution in [2.75, 3.05) is 0 Å². The Bertz CT molecular complexity index is 470. The summed E-state index contributed by atoms with van der Waals surface area (Å²) in [5.41, 5.74) is 0.135. The fourth-order valence-corrected chi connectivity index (χ4v) is 5.16. The summed E-state index contributed by atoms with van der Waals surface area (Å²) < 4.78 is 5.52. The first kappa shape index (κ1) is 10.6. The van der Waals surface area contributed by atoms with E-state index < -0.39 is 5.97 Å². The topological polar surface area (TPSA) is 63.3 Å². The molecule has 4 fully saturated rings. The number of carboxylic acids is 1. The van der Waals surface area contributed by atoms with Gasteiger partial charge in [0.15, 0.2) is 12.1 Å². The van der Waals surface area contributed by atoms with E-state index in [4.69, 9.17) is 4.42 Å². The van der Waals surface area contributed by atoms with Crippen LogP contribution in [0.2, 0.25) is 0 Å². The molecule has 0 amide bonds. The number of aromatic nitrogens is 1. The Morgan fingerprint density at radius 1 is 1.22 bits per heavy atom. The zero-order valence-corrected chi connectivity index (χ0v) is 10.3. The van der Waals surface area contributed by atoms with Gasteiger partial charge in [0.25, 0.3) is 0 Å². The summed E-state index contributed by atoms with van der Waals surface area (Å²) in [5, 5.41) is 9.23. The van der Waals surface area contributed by atoms with Crippen LogP contribution in [-0.2, 0) is 5.41 Å². The lowest BCUT2D eigenvalue weighted by atomic mass is 9.49. The summed E-state index contributed by atoms with van der Waals surface area (Å²) in [5.74, 6) is 2.05. The molecule has 5 rings (SSSR count). The Kier molecular flexibility index (Phi) is 1.98.